The Morgan fingerprint density at radius 1 is 0.968 bits per heavy atom. The number of aliphatic carboxylic acids is 1. The molecule has 1 unspecified atom stereocenters. The molecule has 1 aliphatic heterocycles. The summed E-state index contributed by atoms with van der Waals surface area (Å²) >= 11 is 6.06. The number of benzene rings is 3. The fourth-order valence-electron chi connectivity index (χ4n) is 4.64. The molecule has 5 rings (SSSR count). The summed E-state index contributed by atoms with van der Waals surface area (Å²) in [5.74, 6) is -1.13. The summed E-state index contributed by atoms with van der Waals surface area (Å²) in [6, 6.07) is 20.6. The Morgan fingerprint density at radius 3 is 2.26 bits per heavy atom. The summed E-state index contributed by atoms with van der Waals surface area (Å²) in [6.07, 6.45) is -0.412. The SMILES string of the molecule is O=C(O)C1Cc2cc(Cl)ccc2CN1C(=O)OCC1c2ccccc2-c2ccccc21. The molecule has 0 aromatic heterocycles. The Labute approximate surface area is 184 Å². The zero-order chi connectivity index (χ0) is 21.5. The highest BCUT2D eigenvalue weighted by Gasteiger charge is 2.37. The van der Waals surface area contributed by atoms with Gasteiger partial charge in [0, 0.05) is 17.4 Å². The third-order valence-corrected chi connectivity index (χ3v) is 6.39. The van der Waals surface area contributed by atoms with E-state index in [0.29, 0.717) is 5.02 Å². The van der Waals surface area contributed by atoms with Gasteiger partial charge in [0.1, 0.15) is 12.6 Å². The Morgan fingerprint density at radius 2 is 1.61 bits per heavy atom. The third kappa shape index (κ3) is 3.45. The van der Waals surface area contributed by atoms with E-state index in [1.54, 1.807) is 12.1 Å². The zero-order valence-electron chi connectivity index (χ0n) is 16.6. The smallest absolute Gasteiger partial charge is 0.410 e. The molecule has 0 spiro atoms. The number of carbonyl (C=O) groups is 2. The highest BCUT2D eigenvalue weighted by molar-refractivity contribution is 6.30. The number of rotatable bonds is 3. The maximum Gasteiger partial charge on any atom is 0.410 e. The average molecular weight is 434 g/mol. The fraction of sp³-hybridized carbons (Fsp3) is 0.200. The van der Waals surface area contributed by atoms with Gasteiger partial charge in [-0.05, 0) is 45.5 Å². The predicted molar refractivity (Wildman–Crippen MR) is 117 cm³/mol. The van der Waals surface area contributed by atoms with Gasteiger partial charge in [0.2, 0.25) is 0 Å². The summed E-state index contributed by atoms with van der Waals surface area (Å²) in [4.78, 5) is 26.2. The molecule has 3 aromatic rings. The number of hydrogen-bond donors (Lipinski definition) is 1. The third-order valence-electron chi connectivity index (χ3n) is 6.15. The molecule has 1 amide bonds. The molecule has 0 saturated heterocycles. The van der Waals surface area contributed by atoms with E-state index in [9.17, 15) is 14.7 Å². The predicted octanol–water partition coefficient (Wildman–Crippen LogP) is 5.10. The van der Waals surface area contributed by atoms with Crippen LogP contribution >= 0.6 is 11.6 Å². The van der Waals surface area contributed by atoms with E-state index >= 15 is 0 Å². The summed E-state index contributed by atoms with van der Waals surface area (Å²) in [7, 11) is 0. The van der Waals surface area contributed by atoms with Crippen LogP contribution in [-0.2, 0) is 22.5 Å². The lowest BCUT2D eigenvalue weighted by Crippen LogP contribution is -2.49. The molecule has 0 bridgehead atoms. The summed E-state index contributed by atoms with van der Waals surface area (Å²) in [5, 5.41) is 10.3. The normalized spacial score (nSPS) is 16.9. The molecule has 1 N–H and O–H groups in total. The molecule has 1 heterocycles. The minimum Gasteiger partial charge on any atom is -0.480 e. The maximum atomic E-state index is 13.0. The first-order chi connectivity index (χ1) is 15.0. The van der Waals surface area contributed by atoms with Gasteiger partial charge < -0.3 is 9.84 Å². The highest BCUT2D eigenvalue weighted by atomic mass is 35.5. The van der Waals surface area contributed by atoms with Crippen molar-refractivity contribution in [1.82, 2.24) is 4.90 Å². The van der Waals surface area contributed by atoms with Crippen molar-refractivity contribution in [2.45, 2.75) is 24.9 Å². The van der Waals surface area contributed by atoms with E-state index < -0.39 is 18.1 Å². The van der Waals surface area contributed by atoms with Crippen LogP contribution < -0.4 is 0 Å². The monoisotopic (exact) mass is 433 g/mol. The van der Waals surface area contributed by atoms with Gasteiger partial charge in [-0.2, -0.15) is 0 Å². The van der Waals surface area contributed by atoms with Gasteiger partial charge in [-0.15, -0.1) is 0 Å². The van der Waals surface area contributed by atoms with Crippen molar-refractivity contribution in [3.8, 4) is 11.1 Å². The number of ether oxygens (including phenoxy) is 1. The number of hydrogen-bond acceptors (Lipinski definition) is 3. The van der Waals surface area contributed by atoms with Crippen LogP contribution in [0.5, 0.6) is 0 Å². The molecule has 1 atom stereocenters. The summed E-state index contributed by atoms with van der Waals surface area (Å²) < 4.78 is 5.70. The molecule has 0 fully saturated rings. The highest BCUT2D eigenvalue weighted by Crippen LogP contribution is 2.44. The van der Waals surface area contributed by atoms with Crippen LogP contribution in [0.2, 0.25) is 5.02 Å². The molecule has 1 aliphatic carbocycles. The lowest BCUT2D eigenvalue weighted by atomic mass is 9.94. The average Bonchev–Trinajstić information content (AvgIpc) is 3.10. The molecule has 0 radical (unpaired) electrons. The van der Waals surface area contributed by atoms with Crippen molar-refractivity contribution in [3.05, 3.63) is 94.0 Å². The number of carboxylic acids is 1. The lowest BCUT2D eigenvalue weighted by molar-refractivity contribution is -0.143. The van der Waals surface area contributed by atoms with Crippen molar-refractivity contribution in [1.29, 1.82) is 0 Å². The first-order valence-corrected chi connectivity index (χ1v) is 10.5. The summed E-state index contributed by atoms with van der Waals surface area (Å²) in [6.45, 7) is 0.337. The van der Waals surface area contributed by atoms with Gasteiger partial charge in [-0.3, -0.25) is 4.90 Å². The first-order valence-electron chi connectivity index (χ1n) is 10.1. The quantitative estimate of drug-likeness (QED) is 0.624. The molecular weight excluding hydrogens is 414 g/mol. The largest absolute Gasteiger partial charge is 0.480 e. The van der Waals surface area contributed by atoms with E-state index in [1.807, 2.05) is 30.3 Å². The second kappa shape index (κ2) is 7.75. The molecule has 3 aromatic carbocycles. The van der Waals surface area contributed by atoms with Gasteiger partial charge in [-0.1, -0.05) is 66.2 Å². The van der Waals surface area contributed by atoms with Gasteiger partial charge in [-0.25, -0.2) is 9.59 Å². The Bertz CT molecular complexity index is 1150. The van der Waals surface area contributed by atoms with Gasteiger partial charge in [0.25, 0.3) is 0 Å². The second-order valence-corrected chi connectivity index (χ2v) is 8.34. The standard InChI is InChI=1S/C25H20ClNO4/c26-17-10-9-15-13-27(23(24(28)29)12-16(15)11-17)25(30)31-14-22-20-7-3-1-5-18(20)19-6-2-4-8-21(19)22/h1-11,22-23H,12-14H2,(H,28,29). The van der Waals surface area contributed by atoms with E-state index in [4.69, 9.17) is 16.3 Å². The van der Waals surface area contributed by atoms with Crippen LogP contribution in [0.3, 0.4) is 0 Å². The molecule has 156 valence electrons. The minimum absolute atomic E-state index is 0.0736. The minimum atomic E-state index is -1.06. The van der Waals surface area contributed by atoms with Crippen LogP contribution in [-0.4, -0.2) is 34.7 Å². The van der Waals surface area contributed by atoms with Crippen LogP contribution in [0.4, 0.5) is 4.79 Å². The first kappa shape index (κ1) is 19.6. The van der Waals surface area contributed by atoms with Crippen molar-refractivity contribution in [3.63, 3.8) is 0 Å². The van der Waals surface area contributed by atoms with Gasteiger partial charge in [0.05, 0.1) is 6.54 Å². The maximum absolute atomic E-state index is 13.0. The Balaban J connectivity index is 1.38. The van der Waals surface area contributed by atoms with Crippen molar-refractivity contribution < 1.29 is 19.4 Å². The molecule has 2 aliphatic rings. The van der Waals surface area contributed by atoms with Crippen LogP contribution in [0.25, 0.3) is 11.1 Å². The molecule has 31 heavy (non-hydrogen) atoms. The number of carbonyl (C=O) groups excluding carboxylic acids is 1. The summed E-state index contributed by atoms with van der Waals surface area (Å²) in [5.41, 5.74) is 6.26. The molecule has 6 heteroatoms. The van der Waals surface area contributed by atoms with Crippen molar-refractivity contribution in [2.24, 2.45) is 0 Å². The number of fused-ring (bicyclic) bond motifs is 4. The topological polar surface area (TPSA) is 66.8 Å². The van der Waals surface area contributed by atoms with Crippen LogP contribution in [0.1, 0.15) is 28.2 Å². The van der Waals surface area contributed by atoms with Gasteiger partial charge >= 0.3 is 12.1 Å². The Hall–Kier alpha value is -3.31. The van der Waals surface area contributed by atoms with E-state index in [1.165, 1.54) is 4.90 Å². The van der Waals surface area contributed by atoms with Crippen molar-refractivity contribution in [2.75, 3.05) is 6.61 Å². The van der Waals surface area contributed by atoms with Crippen LogP contribution in [0, 0.1) is 0 Å². The number of nitrogens with zero attached hydrogens (tertiary/aromatic N) is 1. The second-order valence-electron chi connectivity index (χ2n) is 7.90. The van der Waals surface area contributed by atoms with E-state index in [2.05, 4.69) is 24.3 Å². The van der Waals surface area contributed by atoms with Crippen LogP contribution in [0.15, 0.2) is 66.7 Å². The Kier molecular flexibility index (Phi) is 4.91. The van der Waals surface area contributed by atoms with Crippen molar-refractivity contribution >= 4 is 23.7 Å². The molecule has 5 nitrogen and oxygen atoms in total. The van der Waals surface area contributed by atoms with E-state index in [-0.39, 0.29) is 25.5 Å². The lowest BCUT2D eigenvalue weighted by Gasteiger charge is -2.34. The number of halogens is 1. The van der Waals surface area contributed by atoms with E-state index in [0.717, 1.165) is 33.4 Å². The zero-order valence-corrected chi connectivity index (χ0v) is 17.4. The number of carboxylic acid groups (broad SMARTS) is 1. The fourth-order valence-corrected chi connectivity index (χ4v) is 4.84. The molecule has 0 saturated carbocycles. The van der Waals surface area contributed by atoms with Gasteiger partial charge in [0.15, 0.2) is 0 Å². The molecular formula is C25H20ClNO4. The number of amides is 1.